The minimum absolute atomic E-state index is 0.115. The fourth-order valence-corrected chi connectivity index (χ4v) is 2.14. The fourth-order valence-electron chi connectivity index (χ4n) is 2.14. The molecule has 0 aliphatic carbocycles. The molecule has 3 rings (SSSR count). The van der Waals surface area contributed by atoms with Gasteiger partial charge in [-0.1, -0.05) is 12.1 Å². The zero-order valence-electron chi connectivity index (χ0n) is 11.8. The SMILES string of the molecule is Cc1nc(Nc2ccc(OC(F)F)cc2)c2ccccc2n1. The molecule has 112 valence electrons. The van der Waals surface area contributed by atoms with E-state index in [-0.39, 0.29) is 5.75 Å². The van der Waals surface area contributed by atoms with Crippen LogP contribution in [0.5, 0.6) is 5.75 Å². The van der Waals surface area contributed by atoms with Crippen LogP contribution in [0, 0.1) is 6.92 Å². The summed E-state index contributed by atoms with van der Waals surface area (Å²) in [4.78, 5) is 8.76. The molecule has 1 aromatic heterocycles. The molecule has 0 spiro atoms. The van der Waals surface area contributed by atoms with E-state index in [1.54, 1.807) is 12.1 Å². The Morgan fingerprint density at radius 3 is 2.45 bits per heavy atom. The summed E-state index contributed by atoms with van der Waals surface area (Å²) in [5, 5.41) is 4.06. The highest BCUT2D eigenvalue weighted by Crippen LogP contribution is 2.25. The van der Waals surface area contributed by atoms with Crippen molar-refractivity contribution in [2.75, 3.05) is 5.32 Å². The summed E-state index contributed by atoms with van der Waals surface area (Å²) in [5.74, 6) is 1.44. The molecule has 0 aliphatic rings. The molecule has 4 nitrogen and oxygen atoms in total. The van der Waals surface area contributed by atoms with Gasteiger partial charge in [-0.15, -0.1) is 0 Å². The number of hydrogen-bond acceptors (Lipinski definition) is 4. The van der Waals surface area contributed by atoms with Gasteiger partial charge in [0.2, 0.25) is 0 Å². The van der Waals surface area contributed by atoms with Crippen molar-refractivity contribution in [3.8, 4) is 5.75 Å². The quantitative estimate of drug-likeness (QED) is 0.781. The third-order valence-electron chi connectivity index (χ3n) is 3.06. The zero-order chi connectivity index (χ0) is 15.5. The Labute approximate surface area is 125 Å². The van der Waals surface area contributed by atoms with Crippen LogP contribution >= 0.6 is 0 Å². The van der Waals surface area contributed by atoms with Gasteiger partial charge < -0.3 is 10.1 Å². The second-order valence-corrected chi connectivity index (χ2v) is 4.66. The first-order valence-corrected chi connectivity index (χ1v) is 6.67. The van der Waals surface area contributed by atoms with E-state index in [0.717, 1.165) is 16.6 Å². The van der Waals surface area contributed by atoms with E-state index in [9.17, 15) is 8.78 Å². The van der Waals surface area contributed by atoms with Crippen LogP contribution in [0.4, 0.5) is 20.3 Å². The average molecular weight is 301 g/mol. The van der Waals surface area contributed by atoms with Gasteiger partial charge in [0.15, 0.2) is 0 Å². The molecule has 0 radical (unpaired) electrons. The lowest BCUT2D eigenvalue weighted by atomic mass is 10.2. The van der Waals surface area contributed by atoms with Gasteiger partial charge in [0, 0.05) is 11.1 Å². The number of aryl methyl sites for hydroxylation is 1. The van der Waals surface area contributed by atoms with Crippen molar-refractivity contribution in [3.63, 3.8) is 0 Å². The van der Waals surface area contributed by atoms with Gasteiger partial charge in [0.25, 0.3) is 0 Å². The summed E-state index contributed by atoms with van der Waals surface area (Å²) in [7, 11) is 0. The summed E-state index contributed by atoms with van der Waals surface area (Å²) in [6.07, 6.45) is 0. The number of nitrogens with one attached hydrogen (secondary N) is 1. The molecule has 0 saturated heterocycles. The molecule has 0 bridgehead atoms. The number of anilines is 2. The molecule has 1 heterocycles. The van der Waals surface area contributed by atoms with E-state index in [1.807, 2.05) is 31.2 Å². The van der Waals surface area contributed by atoms with Gasteiger partial charge >= 0.3 is 6.61 Å². The second kappa shape index (κ2) is 5.93. The van der Waals surface area contributed by atoms with Crippen molar-refractivity contribution in [2.45, 2.75) is 13.5 Å². The Kier molecular flexibility index (Phi) is 3.82. The number of alkyl halides is 2. The number of para-hydroxylation sites is 1. The van der Waals surface area contributed by atoms with Crippen molar-refractivity contribution >= 4 is 22.4 Å². The van der Waals surface area contributed by atoms with Gasteiger partial charge in [0.05, 0.1) is 5.52 Å². The first-order chi connectivity index (χ1) is 10.6. The van der Waals surface area contributed by atoms with Crippen LogP contribution in [0.2, 0.25) is 0 Å². The number of hydrogen-bond donors (Lipinski definition) is 1. The van der Waals surface area contributed by atoms with Crippen LogP contribution in [0.1, 0.15) is 5.82 Å². The van der Waals surface area contributed by atoms with E-state index in [1.165, 1.54) is 12.1 Å². The minimum Gasteiger partial charge on any atom is -0.435 e. The lowest BCUT2D eigenvalue weighted by molar-refractivity contribution is -0.0498. The normalized spacial score (nSPS) is 10.9. The molecule has 6 heteroatoms. The Bertz CT molecular complexity index is 791. The molecular weight excluding hydrogens is 288 g/mol. The number of ether oxygens (including phenoxy) is 1. The molecule has 22 heavy (non-hydrogen) atoms. The van der Waals surface area contributed by atoms with Gasteiger partial charge in [-0.2, -0.15) is 8.78 Å². The van der Waals surface area contributed by atoms with E-state index in [2.05, 4.69) is 20.0 Å². The molecule has 0 atom stereocenters. The summed E-state index contributed by atoms with van der Waals surface area (Å²) >= 11 is 0. The van der Waals surface area contributed by atoms with Crippen molar-refractivity contribution in [3.05, 3.63) is 54.4 Å². The van der Waals surface area contributed by atoms with Crippen LogP contribution in [-0.4, -0.2) is 16.6 Å². The molecule has 0 amide bonds. The molecule has 0 saturated carbocycles. The number of aromatic nitrogens is 2. The number of halogens is 2. The molecule has 1 N–H and O–H groups in total. The van der Waals surface area contributed by atoms with Crippen molar-refractivity contribution < 1.29 is 13.5 Å². The summed E-state index contributed by atoms with van der Waals surface area (Å²) in [6, 6.07) is 13.9. The fraction of sp³-hybridized carbons (Fsp3) is 0.125. The number of nitrogens with zero attached hydrogens (tertiary/aromatic N) is 2. The summed E-state index contributed by atoms with van der Waals surface area (Å²) in [5.41, 5.74) is 1.57. The highest BCUT2D eigenvalue weighted by Gasteiger charge is 2.07. The number of fused-ring (bicyclic) bond motifs is 1. The van der Waals surface area contributed by atoms with Crippen LogP contribution < -0.4 is 10.1 Å². The summed E-state index contributed by atoms with van der Waals surface area (Å²) in [6.45, 7) is -1.01. The predicted molar refractivity (Wildman–Crippen MR) is 80.6 cm³/mol. The molecule has 0 unspecified atom stereocenters. The van der Waals surface area contributed by atoms with Crippen LogP contribution in [0.25, 0.3) is 10.9 Å². The van der Waals surface area contributed by atoms with Gasteiger partial charge in [-0.05, 0) is 43.3 Å². The maximum absolute atomic E-state index is 12.1. The van der Waals surface area contributed by atoms with Crippen molar-refractivity contribution in [2.24, 2.45) is 0 Å². The first kappa shape index (κ1) is 14.2. The van der Waals surface area contributed by atoms with E-state index < -0.39 is 6.61 Å². The lowest BCUT2D eigenvalue weighted by Crippen LogP contribution is -2.02. The van der Waals surface area contributed by atoms with Gasteiger partial charge in [0.1, 0.15) is 17.4 Å². The molecular formula is C16H13F2N3O. The van der Waals surface area contributed by atoms with Gasteiger partial charge in [-0.3, -0.25) is 0 Å². The topological polar surface area (TPSA) is 47.0 Å². The lowest BCUT2D eigenvalue weighted by Gasteiger charge is -2.10. The third-order valence-corrected chi connectivity index (χ3v) is 3.06. The maximum Gasteiger partial charge on any atom is 0.387 e. The van der Waals surface area contributed by atoms with E-state index in [4.69, 9.17) is 0 Å². The largest absolute Gasteiger partial charge is 0.435 e. The summed E-state index contributed by atoms with van der Waals surface area (Å²) < 4.78 is 28.6. The molecule has 0 aliphatic heterocycles. The highest BCUT2D eigenvalue weighted by atomic mass is 19.3. The Hall–Kier alpha value is -2.76. The smallest absolute Gasteiger partial charge is 0.387 e. The van der Waals surface area contributed by atoms with Crippen molar-refractivity contribution in [1.29, 1.82) is 0 Å². The minimum atomic E-state index is -2.83. The second-order valence-electron chi connectivity index (χ2n) is 4.66. The van der Waals surface area contributed by atoms with E-state index >= 15 is 0 Å². The maximum atomic E-state index is 12.1. The molecule has 2 aromatic carbocycles. The Morgan fingerprint density at radius 2 is 1.73 bits per heavy atom. The number of benzene rings is 2. The Balaban J connectivity index is 1.90. The molecule has 3 aromatic rings. The average Bonchev–Trinajstić information content (AvgIpc) is 2.48. The number of rotatable bonds is 4. The van der Waals surface area contributed by atoms with Crippen LogP contribution in [0.15, 0.2) is 48.5 Å². The third kappa shape index (κ3) is 3.11. The predicted octanol–water partition coefficient (Wildman–Crippen LogP) is 4.28. The monoisotopic (exact) mass is 301 g/mol. The molecule has 0 fully saturated rings. The zero-order valence-corrected chi connectivity index (χ0v) is 11.8. The van der Waals surface area contributed by atoms with Crippen LogP contribution in [-0.2, 0) is 0 Å². The van der Waals surface area contributed by atoms with Gasteiger partial charge in [-0.25, -0.2) is 9.97 Å². The highest BCUT2D eigenvalue weighted by molar-refractivity contribution is 5.90. The van der Waals surface area contributed by atoms with Crippen molar-refractivity contribution in [1.82, 2.24) is 9.97 Å². The van der Waals surface area contributed by atoms with E-state index in [0.29, 0.717) is 11.6 Å². The standard InChI is InChI=1S/C16H13F2N3O/c1-10-19-14-5-3-2-4-13(14)15(20-10)21-11-6-8-12(9-7-11)22-16(17)18/h2-9,16H,1H3,(H,19,20,21). The van der Waals surface area contributed by atoms with Crippen LogP contribution in [0.3, 0.4) is 0 Å². The first-order valence-electron chi connectivity index (χ1n) is 6.67. The Morgan fingerprint density at radius 1 is 1.00 bits per heavy atom.